The number of ether oxygens (including phenoxy) is 1. The molecule has 0 bridgehead atoms. The Balaban J connectivity index is 3.44. The first kappa shape index (κ1) is 26.1. The number of rotatable bonds is 20. The molecule has 3 heteroatoms. The predicted molar refractivity (Wildman–Crippen MR) is 115 cm³/mol. The summed E-state index contributed by atoms with van der Waals surface area (Å²) in [4.78, 5) is 23.2. The van der Waals surface area contributed by atoms with Crippen LogP contribution in [-0.4, -0.2) is 18.4 Å². The Bertz CT molecular complexity index is 352. The van der Waals surface area contributed by atoms with Crippen LogP contribution in [-0.2, 0) is 14.3 Å². The summed E-state index contributed by atoms with van der Waals surface area (Å²) in [5.41, 5.74) is 0. The first-order chi connectivity index (χ1) is 13.1. The van der Waals surface area contributed by atoms with Gasteiger partial charge in [-0.05, 0) is 26.7 Å². The van der Waals surface area contributed by atoms with Crippen molar-refractivity contribution in [2.45, 2.75) is 130 Å². The SMILES string of the molecule is CCCCCCCCCCCCCCCCC(CCC(=O)OCC)C(C)=O. The van der Waals surface area contributed by atoms with Gasteiger partial charge in [0.1, 0.15) is 5.78 Å². The van der Waals surface area contributed by atoms with Crippen molar-refractivity contribution in [2.75, 3.05) is 6.61 Å². The molecule has 0 heterocycles. The van der Waals surface area contributed by atoms with Crippen LogP contribution in [0.15, 0.2) is 0 Å². The van der Waals surface area contributed by atoms with E-state index in [2.05, 4.69) is 6.92 Å². The highest BCUT2D eigenvalue weighted by Crippen LogP contribution is 2.19. The summed E-state index contributed by atoms with van der Waals surface area (Å²) in [7, 11) is 0. The molecule has 0 spiro atoms. The fraction of sp³-hybridized carbons (Fsp3) is 0.917. The molecule has 3 nitrogen and oxygen atoms in total. The summed E-state index contributed by atoms with van der Waals surface area (Å²) in [5.74, 6) is 0.0745. The molecule has 27 heavy (non-hydrogen) atoms. The van der Waals surface area contributed by atoms with E-state index < -0.39 is 0 Å². The molecule has 1 atom stereocenters. The summed E-state index contributed by atoms with van der Waals surface area (Å²) in [6, 6.07) is 0. The molecule has 0 aliphatic rings. The van der Waals surface area contributed by atoms with Crippen LogP contribution in [0.25, 0.3) is 0 Å². The van der Waals surface area contributed by atoms with Crippen molar-refractivity contribution in [1.82, 2.24) is 0 Å². The van der Waals surface area contributed by atoms with E-state index in [1.54, 1.807) is 6.92 Å². The minimum Gasteiger partial charge on any atom is -0.466 e. The van der Waals surface area contributed by atoms with Gasteiger partial charge in [0.2, 0.25) is 0 Å². The van der Waals surface area contributed by atoms with Gasteiger partial charge in [-0.3, -0.25) is 9.59 Å². The Hall–Kier alpha value is -0.860. The normalized spacial score (nSPS) is 12.1. The summed E-state index contributed by atoms with van der Waals surface area (Å²) in [6.07, 6.45) is 20.8. The fourth-order valence-corrected chi connectivity index (χ4v) is 3.66. The summed E-state index contributed by atoms with van der Waals surface area (Å²) < 4.78 is 4.95. The number of hydrogen-bond donors (Lipinski definition) is 0. The van der Waals surface area contributed by atoms with Gasteiger partial charge in [-0.25, -0.2) is 0 Å². The molecule has 0 rings (SSSR count). The molecule has 0 saturated heterocycles. The Morgan fingerprint density at radius 1 is 0.667 bits per heavy atom. The smallest absolute Gasteiger partial charge is 0.305 e. The molecule has 0 aliphatic heterocycles. The van der Waals surface area contributed by atoms with Crippen LogP contribution in [0, 0.1) is 5.92 Å². The van der Waals surface area contributed by atoms with Crippen LogP contribution in [0.1, 0.15) is 130 Å². The minimum atomic E-state index is -0.176. The Kier molecular flexibility index (Phi) is 19.3. The average Bonchev–Trinajstić information content (AvgIpc) is 2.64. The second-order valence-electron chi connectivity index (χ2n) is 8.04. The maximum atomic E-state index is 11.7. The highest BCUT2D eigenvalue weighted by Gasteiger charge is 2.16. The molecule has 0 radical (unpaired) electrons. The van der Waals surface area contributed by atoms with Gasteiger partial charge in [0, 0.05) is 12.3 Å². The second-order valence-corrected chi connectivity index (χ2v) is 8.04. The van der Waals surface area contributed by atoms with E-state index in [1.807, 2.05) is 6.92 Å². The van der Waals surface area contributed by atoms with Crippen LogP contribution in [0.5, 0.6) is 0 Å². The zero-order valence-corrected chi connectivity index (χ0v) is 18.5. The first-order valence-corrected chi connectivity index (χ1v) is 11.8. The molecule has 0 amide bonds. The monoisotopic (exact) mass is 382 g/mol. The standard InChI is InChI=1S/C24H46O3/c1-4-6-7-8-9-10-11-12-13-14-15-16-17-18-19-23(22(3)25)20-21-24(26)27-5-2/h23H,4-21H2,1-3H3. The highest BCUT2D eigenvalue weighted by atomic mass is 16.5. The van der Waals surface area contributed by atoms with Gasteiger partial charge < -0.3 is 4.74 Å². The molecule has 0 aromatic heterocycles. The lowest BCUT2D eigenvalue weighted by molar-refractivity contribution is -0.143. The Morgan fingerprint density at radius 2 is 1.11 bits per heavy atom. The second kappa shape index (κ2) is 19.9. The van der Waals surface area contributed by atoms with Crippen LogP contribution < -0.4 is 0 Å². The lowest BCUT2D eigenvalue weighted by atomic mass is 9.92. The van der Waals surface area contributed by atoms with Crippen molar-refractivity contribution in [1.29, 1.82) is 0 Å². The van der Waals surface area contributed by atoms with Gasteiger partial charge in [0.25, 0.3) is 0 Å². The van der Waals surface area contributed by atoms with E-state index in [1.165, 1.54) is 83.5 Å². The van der Waals surface area contributed by atoms with Gasteiger partial charge in [-0.15, -0.1) is 0 Å². The molecular weight excluding hydrogens is 336 g/mol. The van der Waals surface area contributed by atoms with E-state index in [-0.39, 0.29) is 17.7 Å². The molecule has 0 aliphatic carbocycles. The molecule has 0 aromatic rings. The topological polar surface area (TPSA) is 43.4 Å². The molecule has 0 saturated carbocycles. The van der Waals surface area contributed by atoms with Crippen molar-refractivity contribution in [3.8, 4) is 0 Å². The average molecular weight is 383 g/mol. The number of carbonyl (C=O) groups is 2. The zero-order chi connectivity index (χ0) is 20.2. The predicted octanol–water partition coefficient (Wildman–Crippen LogP) is 7.41. The van der Waals surface area contributed by atoms with Gasteiger partial charge in [-0.2, -0.15) is 0 Å². The molecule has 0 N–H and O–H groups in total. The third-order valence-electron chi connectivity index (χ3n) is 5.48. The van der Waals surface area contributed by atoms with E-state index in [0.717, 1.165) is 12.8 Å². The van der Waals surface area contributed by atoms with Crippen LogP contribution in [0.2, 0.25) is 0 Å². The third kappa shape index (κ3) is 18.3. The lowest BCUT2D eigenvalue weighted by Gasteiger charge is -2.13. The number of Topliss-reactive ketones (excluding diaryl/α,β-unsaturated/α-hetero) is 1. The first-order valence-electron chi connectivity index (χ1n) is 11.8. The molecule has 160 valence electrons. The van der Waals surface area contributed by atoms with Gasteiger partial charge in [-0.1, -0.05) is 96.8 Å². The van der Waals surface area contributed by atoms with Crippen molar-refractivity contribution in [3.63, 3.8) is 0 Å². The quantitative estimate of drug-likeness (QED) is 0.163. The number of esters is 1. The van der Waals surface area contributed by atoms with E-state index in [4.69, 9.17) is 4.74 Å². The maximum Gasteiger partial charge on any atom is 0.305 e. The number of hydrogen-bond acceptors (Lipinski definition) is 3. The zero-order valence-electron chi connectivity index (χ0n) is 18.5. The van der Waals surface area contributed by atoms with Gasteiger partial charge in [0.05, 0.1) is 6.61 Å². The van der Waals surface area contributed by atoms with Gasteiger partial charge >= 0.3 is 5.97 Å². The van der Waals surface area contributed by atoms with E-state index in [0.29, 0.717) is 19.4 Å². The minimum absolute atomic E-state index is 0.0340. The lowest BCUT2D eigenvalue weighted by Crippen LogP contribution is -2.14. The van der Waals surface area contributed by atoms with Gasteiger partial charge in [0.15, 0.2) is 0 Å². The van der Waals surface area contributed by atoms with Crippen LogP contribution in [0.4, 0.5) is 0 Å². The molecule has 0 fully saturated rings. The molecule has 0 aromatic carbocycles. The van der Waals surface area contributed by atoms with Crippen molar-refractivity contribution < 1.29 is 14.3 Å². The molecular formula is C24H46O3. The van der Waals surface area contributed by atoms with Crippen molar-refractivity contribution in [3.05, 3.63) is 0 Å². The Labute approximate surface area is 169 Å². The van der Waals surface area contributed by atoms with E-state index in [9.17, 15) is 9.59 Å². The number of carbonyl (C=O) groups excluding carboxylic acids is 2. The largest absolute Gasteiger partial charge is 0.466 e. The summed E-state index contributed by atoms with van der Waals surface area (Å²) in [5, 5.41) is 0. The summed E-state index contributed by atoms with van der Waals surface area (Å²) in [6.45, 7) is 6.16. The van der Waals surface area contributed by atoms with Crippen LogP contribution in [0.3, 0.4) is 0 Å². The van der Waals surface area contributed by atoms with Crippen LogP contribution >= 0.6 is 0 Å². The maximum absolute atomic E-state index is 11.7. The summed E-state index contributed by atoms with van der Waals surface area (Å²) >= 11 is 0. The Morgan fingerprint density at radius 3 is 1.52 bits per heavy atom. The highest BCUT2D eigenvalue weighted by molar-refractivity contribution is 5.79. The fourth-order valence-electron chi connectivity index (χ4n) is 3.66. The molecule has 1 unspecified atom stereocenters. The van der Waals surface area contributed by atoms with E-state index >= 15 is 0 Å². The number of unbranched alkanes of at least 4 members (excludes halogenated alkanes) is 13. The third-order valence-corrected chi connectivity index (χ3v) is 5.48. The van der Waals surface area contributed by atoms with Crippen molar-refractivity contribution in [2.24, 2.45) is 5.92 Å². The van der Waals surface area contributed by atoms with Crippen molar-refractivity contribution >= 4 is 11.8 Å². The number of ketones is 1.